The van der Waals surface area contributed by atoms with E-state index in [1.54, 1.807) is 12.4 Å². The van der Waals surface area contributed by atoms with E-state index in [-0.39, 0.29) is 5.91 Å². The Kier molecular flexibility index (Phi) is 5.12. The highest BCUT2D eigenvalue weighted by molar-refractivity contribution is 5.92. The standard InChI is InChI=1S/C14H22N4O/c1-2-16-13-11-15-10-12(17-13)14(19)18-8-6-4-3-5-7-9-18/h10-11H,2-9H2,1H3,(H,16,17). The number of hydrogen-bond donors (Lipinski definition) is 1. The van der Waals surface area contributed by atoms with Crippen molar-refractivity contribution in [2.75, 3.05) is 25.0 Å². The predicted octanol–water partition coefficient (Wildman–Crippen LogP) is 2.31. The second-order valence-electron chi connectivity index (χ2n) is 4.88. The van der Waals surface area contributed by atoms with Crippen LogP contribution in [0.5, 0.6) is 0 Å². The lowest BCUT2D eigenvalue weighted by atomic mass is 10.1. The highest BCUT2D eigenvalue weighted by Crippen LogP contribution is 2.13. The van der Waals surface area contributed by atoms with Crippen LogP contribution in [-0.2, 0) is 0 Å². The van der Waals surface area contributed by atoms with Crippen molar-refractivity contribution in [1.29, 1.82) is 0 Å². The number of rotatable bonds is 3. The van der Waals surface area contributed by atoms with Crippen LogP contribution in [-0.4, -0.2) is 40.4 Å². The van der Waals surface area contributed by atoms with E-state index in [0.29, 0.717) is 11.5 Å². The first-order chi connectivity index (χ1) is 9.31. The van der Waals surface area contributed by atoms with Crippen molar-refractivity contribution in [3.05, 3.63) is 18.1 Å². The largest absolute Gasteiger partial charge is 0.369 e. The zero-order valence-electron chi connectivity index (χ0n) is 11.6. The van der Waals surface area contributed by atoms with Gasteiger partial charge in [-0.15, -0.1) is 0 Å². The molecule has 1 aliphatic rings. The van der Waals surface area contributed by atoms with Crippen LogP contribution >= 0.6 is 0 Å². The van der Waals surface area contributed by atoms with Crippen molar-refractivity contribution in [1.82, 2.24) is 14.9 Å². The number of likely N-dealkylation sites (tertiary alicyclic amines) is 1. The summed E-state index contributed by atoms with van der Waals surface area (Å²) in [6.45, 7) is 4.45. The first-order valence-corrected chi connectivity index (χ1v) is 7.16. The Balaban J connectivity index is 2.06. The molecule has 1 aliphatic heterocycles. The summed E-state index contributed by atoms with van der Waals surface area (Å²) in [6, 6.07) is 0. The molecular weight excluding hydrogens is 240 g/mol. The van der Waals surface area contributed by atoms with Crippen LogP contribution in [0.2, 0.25) is 0 Å². The van der Waals surface area contributed by atoms with E-state index >= 15 is 0 Å². The zero-order valence-corrected chi connectivity index (χ0v) is 11.6. The first-order valence-electron chi connectivity index (χ1n) is 7.16. The molecule has 0 unspecified atom stereocenters. The molecule has 1 aromatic heterocycles. The molecule has 0 radical (unpaired) electrons. The van der Waals surface area contributed by atoms with Crippen LogP contribution < -0.4 is 5.32 Å². The van der Waals surface area contributed by atoms with E-state index in [9.17, 15) is 4.79 Å². The number of hydrogen-bond acceptors (Lipinski definition) is 4. The maximum absolute atomic E-state index is 12.4. The monoisotopic (exact) mass is 262 g/mol. The van der Waals surface area contributed by atoms with Gasteiger partial charge in [0.25, 0.3) is 5.91 Å². The zero-order chi connectivity index (χ0) is 13.5. The molecule has 0 aliphatic carbocycles. The Morgan fingerprint density at radius 2 is 1.89 bits per heavy atom. The summed E-state index contributed by atoms with van der Waals surface area (Å²) in [5.74, 6) is 0.676. The van der Waals surface area contributed by atoms with Crippen LogP contribution in [0, 0.1) is 0 Å². The lowest BCUT2D eigenvalue weighted by Crippen LogP contribution is -2.34. The Hall–Kier alpha value is -1.65. The molecule has 5 heteroatoms. The molecule has 1 saturated heterocycles. The third kappa shape index (κ3) is 3.91. The minimum Gasteiger partial charge on any atom is -0.369 e. The van der Waals surface area contributed by atoms with Crippen LogP contribution in [0.25, 0.3) is 0 Å². The summed E-state index contributed by atoms with van der Waals surface area (Å²) in [4.78, 5) is 22.7. The van der Waals surface area contributed by atoms with Gasteiger partial charge in [0.2, 0.25) is 0 Å². The molecular formula is C14H22N4O. The van der Waals surface area contributed by atoms with Gasteiger partial charge in [-0.3, -0.25) is 9.78 Å². The molecule has 0 bridgehead atoms. The first kappa shape index (κ1) is 13.8. The van der Waals surface area contributed by atoms with Crippen LogP contribution in [0.3, 0.4) is 0 Å². The number of anilines is 1. The second kappa shape index (κ2) is 7.07. The second-order valence-corrected chi connectivity index (χ2v) is 4.88. The summed E-state index contributed by atoms with van der Waals surface area (Å²) in [6.07, 6.45) is 9.10. The van der Waals surface area contributed by atoms with Gasteiger partial charge in [0.05, 0.1) is 12.4 Å². The van der Waals surface area contributed by atoms with Gasteiger partial charge in [-0.1, -0.05) is 19.3 Å². The topological polar surface area (TPSA) is 58.1 Å². The fourth-order valence-electron chi connectivity index (χ4n) is 2.35. The van der Waals surface area contributed by atoms with Crippen LogP contribution in [0.15, 0.2) is 12.4 Å². The summed E-state index contributed by atoms with van der Waals surface area (Å²) in [7, 11) is 0. The van der Waals surface area contributed by atoms with Crippen molar-refractivity contribution >= 4 is 11.7 Å². The number of nitrogens with zero attached hydrogens (tertiary/aromatic N) is 3. The highest BCUT2D eigenvalue weighted by Gasteiger charge is 2.18. The summed E-state index contributed by atoms with van der Waals surface area (Å²) >= 11 is 0. The van der Waals surface area contributed by atoms with Gasteiger partial charge in [0, 0.05) is 19.6 Å². The van der Waals surface area contributed by atoms with E-state index < -0.39 is 0 Å². The Bertz CT molecular complexity index is 414. The Labute approximate surface area is 114 Å². The molecule has 1 amide bonds. The lowest BCUT2D eigenvalue weighted by Gasteiger charge is -2.24. The van der Waals surface area contributed by atoms with Crippen molar-refractivity contribution in [2.45, 2.75) is 39.0 Å². The normalized spacial score (nSPS) is 16.6. The van der Waals surface area contributed by atoms with Crippen molar-refractivity contribution in [2.24, 2.45) is 0 Å². The van der Waals surface area contributed by atoms with E-state index in [1.165, 1.54) is 19.3 Å². The average molecular weight is 262 g/mol. The number of aromatic nitrogens is 2. The van der Waals surface area contributed by atoms with Gasteiger partial charge < -0.3 is 10.2 Å². The summed E-state index contributed by atoms with van der Waals surface area (Å²) in [5, 5.41) is 3.08. The average Bonchev–Trinajstić information content (AvgIpc) is 2.38. The number of amides is 1. The quantitative estimate of drug-likeness (QED) is 0.908. The van der Waals surface area contributed by atoms with Crippen molar-refractivity contribution < 1.29 is 4.79 Å². The maximum Gasteiger partial charge on any atom is 0.274 e. The van der Waals surface area contributed by atoms with E-state index in [4.69, 9.17) is 0 Å². The molecule has 104 valence electrons. The van der Waals surface area contributed by atoms with Crippen molar-refractivity contribution in [3.63, 3.8) is 0 Å². The van der Waals surface area contributed by atoms with Gasteiger partial charge in [0.1, 0.15) is 11.5 Å². The summed E-state index contributed by atoms with van der Waals surface area (Å²) in [5.41, 5.74) is 0.444. The Morgan fingerprint density at radius 1 is 1.21 bits per heavy atom. The number of nitrogens with one attached hydrogen (secondary N) is 1. The molecule has 0 aromatic carbocycles. The van der Waals surface area contributed by atoms with Gasteiger partial charge in [0.15, 0.2) is 0 Å². The minimum absolute atomic E-state index is 0.00848. The highest BCUT2D eigenvalue weighted by atomic mass is 16.2. The Morgan fingerprint density at radius 3 is 2.58 bits per heavy atom. The molecule has 2 heterocycles. The molecule has 0 saturated carbocycles. The van der Waals surface area contributed by atoms with Crippen LogP contribution in [0.1, 0.15) is 49.5 Å². The SMILES string of the molecule is CCNc1cncc(C(=O)N2CCCCCCC2)n1. The van der Waals surface area contributed by atoms with E-state index in [1.807, 2.05) is 11.8 Å². The maximum atomic E-state index is 12.4. The van der Waals surface area contributed by atoms with Gasteiger partial charge in [-0.25, -0.2) is 4.98 Å². The number of carbonyl (C=O) groups is 1. The molecule has 1 N–H and O–H groups in total. The molecule has 0 spiro atoms. The van der Waals surface area contributed by atoms with Crippen molar-refractivity contribution in [3.8, 4) is 0 Å². The smallest absolute Gasteiger partial charge is 0.274 e. The van der Waals surface area contributed by atoms with E-state index in [2.05, 4.69) is 15.3 Å². The number of carbonyl (C=O) groups excluding carboxylic acids is 1. The van der Waals surface area contributed by atoms with Crippen LogP contribution in [0.4, 0.5) is 5.82 Å². The lowest BCUT2D eigenvalue weighted by molar-refractivity contribution is 0.0736. The summed E-state index contributed by atoms with van der Waals surface area (Å²) < 4.78 is 0. The molecule has 1 fully saturated rings. The molecule has 0 atom stereocenters. The fourth-order valence-corrected chi connectivity index (χ4v) is 2.35. The molecule has 5 nitrogen and oxygen atoms in total. The third-order valence-electron chi connectivity index (χ3n) is 3.35. The van der Waals surface area contributed by atoms with Gasteiger partial charge >= 0.3 is 0 Å². The molecule has 19 heavy (non-hydrogen) atoms. The van der Waals surface area contributed by atoms with Gasteiger partial charge in [-0.2, -0.15) is 0 Å². The molecule has 2 rings (SSSR count). The minimum atomic E-state index is 0.00848. The van der Waals surface area contributed by atoms with E-state index in [0.717, 1.165) is 32.5 Å². The fraction of sp³-hybridized carbons (Fsp3) is 0.643. The van der Waals surface area contributed by atoms with Gasteiger partial charge in [-0.05, 0) is 19.8 Å². The predicted molar refractivity (Wildman–Crippen MR) is 75.2 cm³/mol. The third-order valence-corrected chi connectivity index (χ3v) is 3.35. The molecule has 1 aromatic rings.